The van der Waals surface area contributed by atoms with Gasteiger partial charge < -0.3 is 18.9 Å². The van der Waals surface area contributed by atoms with Gasteiger partial charge in [-0.15, -0.1) is 5.10 Å². The van der Waals surface area contributed by atoms with Crippen LogP contribution in [0.2, 0.25) is 0 Å². The minimum atomic E-state index is -1.23. The molecular weight excluding hydrogens is 322 g/mol. The van der Waals surface area contributed by atoms with Gasteiger partial charge in [0.25, 0.3) is 0 Å². The molecule has 132 valence electrons. The molecular formula is C14H19N3O7. The van der Waals surface area contributed by atoms with Crippen molar-refractivity contribution in [3.8, 4) is 0 Å². The van der Waals surface area contributed by atoms with Crippen LogP contribution in [0.25, 0.3) is 0 Å². The van der Waals surface area contributed by atoms with E-state index >= 15 is 0 Å². The number of ether oxygens (including phenoxy) is 4. The van der Waals surface area contributed by atoms with Crippen LogP contribution >= 0.6 is 0 Å². The van der Waals surface area contributed by atoms with Crippen LogP contribution < -0.4 is 0 Å². The molecule has 2 heterocycles. The maximum Gasteiger partial charge on any atom is 0.303 e. The Kier molecular flexibility index (Phi) is 5.17. The van der Waals surface area contributed by atoms with Crippen LogP contribution in [0.5, 0.6) is 0 Å². The van der Waals surface area contributed by atoms with Crippen molar-refractivity contribution in [3.63, 3.8) is 0 Å². The van der Waals surface area contributed by atoms with E-state index in [1.54, 1.807) is 6.92 Å². The van der Waals surface area contributed by atoms with E-state index in [2.05, 4.69) is 10.3 Å². The highest BCUT2D eigenvalue weighted by atomic mass is 16.7. The van der Waals surface area contributed by atoms with Crippen LogP contribution in [0, 0.1) is 0 Å². The Bertz CT molecular complexity index is 618. The molecule has 1 aromatic rings. The number of esters is 3. The lowest BCUT2D eigenvalue weighted by Crippen LogP contribution is -2.48. The molecule has 0 N–H and O–H groups in total. The molecule has 1 saturated heterocycles. The summed E-state index contributed by atoms with van der Waals surface area (Å²) >= 11 is 0. The second kappa shape index (κ2) is 6.95. The first kappa shape index (κ1) is 17.9. The summed E-state index contributed by atoms with van der Waals surface area (Å²) in [6.45, 7) is 5.10. The van der Waals surface area contributed by atoms with E-state index in [0.29, 0.717) is 0 Å². The summed E-state index contributed by atoms with van der Waals surface area (Å²) in [5.41, 5.74) is -1.23. The van der Waals surface area contributed by atoms with Gasteiger partial charge in [0, 0.05) is 27.0 Å². The Labute approximate surface area is 138 Å². The van der Waals surface area contributed by atoms with E-state index in [9.17, 15) is 14.4 Å². The zero-order valence-corrected chi connectivity index (χ0v) is 13.8. The average molecular weight is 341 g/mol. The van der Waals surface area contributed by atoms with Gasteiger partial charge >= 0.3 is 17.9 Å². The van der Waals surface area contributed by atoms with Gasteiger partial charge in [-0.3, -0.25) is 14.4 Å². The number of carbonyl (C=O) groups excluding carboxylic acids is 3. The molecule has 0 amide bonds. The quantitative estimate of drug-likeness (QED) is 0.538. The number of hydrogen-bond donors (Lipinski definition) is 0. The molecule has 24 heavy (non-hydrogen) atoms. The number of hydrogen-bond acceptors (Lipinski definition) is 9. The summed E-state index contributed by atoms with van der Waals surface area (Å²) in [5, 5.41) is 7.52. The fourth-order valence-corrected chi connectivity index (χ4v) is 2.51. The molecule has 0 radical (unpaired) electrons. The maximum atomic E-state index is 11.5. The Morgan fingerprint density at radius 3 is 2.33 bits per heavy atom. The monoisotopic (exact) mass is 341 g/mol. The lowest BCUT2D eigenvalue weighted by atomic mass is 9.98. The smallest absolute Gasteiger partial charge is 0.303 e. The minimum absolute atomic E-state index is 0.191. The van der Waals surface area contributed by atoms with Crippen LogP contribution in [-0.4, -0.2) is 57.3 Å². The normalized spacial score (nSPS) is 29.1. The molecule has 0 saturated carbocycles. The Morgan fingerprint density at radius 2 is 1.83 bits per heavy atom. The van der Waals surface area contributed by atoms with Crippen LogP contribution in [0.4, 0.5) is 0 Å². The van der Waals surface area contributed by atoms with Gasteiger partial charge in [0.2, 0.25) is 0 Å². The van der Waals surface area contributed by atoms with Gasteiger partial charge in [0.05, 0.1) is 6.20 Å². The standard InChI is InChI=1S/C14H19N3O7/c1-8(18)21-7-14(4)12(23-10(3)20)11(22-9(2)19)13(24-14)17-6-5-15-16-17/h5-6,11-13H,7H2,1-4H3/t11?,12?,13-,14-/m1/s1. The molecule has 0 spiro atoms. The van der Waals surface area contributed by atoms with Crippen LogP contribution in [0.3, 0.4) is 0 Å². The van der Waals surface area contributed by atoms with Crippen molar-refractivity contribution in [2.45, 2.75) is 51.7 Å². The Morgan fingerprint density at radius 1 is 1.17 bits per heavy atom. The fourth-order valence-electron chi connectivity index (χ4n) is 2.51. The number of rotatable bonds is 5. The number of carbonyl (C=O) groups is 3. The third kappa shape index (κ3) is 3.88. The molecule has 1 aliphatic heterocycles. The molecule has 1 fully saturated rings. The van der Waals surface area contributed by atoms with E-state index in [1.807, 2.05) is 0 Å². The largest absolute Gasteiger partial charge is 0.463 e. The second-order valence-electron chi connectivity index (χ2n) is 5.59. The molecule has 0 aromatic carbocycles. The van der Waals surface area contributed by atoms with Crippen molar-refractivity contribution in [2.75, 3.05) is 6.61 Å². The summed E-state index contributed by atoms with van der Waals surface area (Å²) in [6, 6.07) is 0. The molecule has 0 aliphatic carbocycles. The first-order valence-electron chi connectivity index (χ1n) is 7.24. The van der Waals surface area contributed by atoms with Gasteiger partial charge in [-0.1, -0.05) is 5.21 Å². The van der Waals surface area contributed by atoms with Crippen molar-refractivity contribution in [1.29, 1.82) is 0 Å². The van der Waals surface area contributed by atoms with Gasteiger partial charge in [0.15, 0.2) is 18.4 Å². The topological polar surface area (TPSA) is 119 Å². The summed E-state index contributed by atoms with van der Waals surface area (Å²) in [7, 11) is 0. The average Bonchev–Trinajstić information content (AvgIpc) is 3.07. The Balaban J connectivity index is 2.36. The highest BCUT2D eigenvalue weighted by molar-refractivity contribution is 5.68. The highest BCUT2D eigenvalue weighted by Gasteiger charge is 2.58. The van der Waals surface area contributed by atoms with Crippen LogP contribution in [0.15, 0.2) is 12.4 Å². The predicted molar refractivity (Wildman–Crippen MR) is 76.3 cm³/mol. The predicted octanol–water partition coefficient (Wildman–Crippen LogP) is -0.00790. The molecule has 2 rings (SSSR count). The first-order chi connectivity index (χ1) is 11.2. The first-order valence-corrected chi connectivity index (χ1v) is 7.24. The minimum Gasteiger partial charge on any atom is -0.463 e. The second-order valence-corrected chi connectivity index (χ2v) is 5.59. The third-order valence-corrected chi connectivity index (χ3v) is 3.43. The molecule has 10 nitrogen and oxygen atoms in total. The van der Waals surface area contributed by atoms with Crippen molar-refractivity contribution >= 4 is 17.9 Å². The fraction of sp³-hybridized carbons (Fsp3) is 0.643. The molecule has 10 heteroatoms. The van der Waals surface area contributed by atoms with Gasteiger partial charge in [-0.05, 0) is 6.92 Å². The van der Waals surface area contributed by atoms with E-state index < -0.39 is 41.9 Å². The van der Waals surface area contributed by atoms with E-state index in [1.165, 1.54) is 37.8 Å². The third-order valence-electron chi connectivity index (χ3n) is 3.43. The zero-order chi connectivity index (χ0) is 17.9. The summed E-state index contributed by atoms with van der Waals surface area (Å²) in [6.07, 6.45) is 0.0859. The summed E-state index contributed by atoms with van der Waals surface area (Å²) in [5.74, 6) is -1.69. The van der Waals surface area contributed by atoms with Crippen LogP contribution in [-0.2, 0) is 33.3 Å². The molecule has 0 bridgehead atoms. The summed E-state index contributed by atoms with van der Waals surface area (Å²) < 4.78 is 22.9. The Hall–Kier alpha value is -2.49. The lowest BCUT2D eigenvalue weighted by molar-refractivity contribution is -0.174. The zero-order valence-electron chi connectivity index (χ0n) is 13.8. The van der Waals surface area contributed by atoms with Gasteiger partial charge in [-0.25, -0.2) is 4.68 Å². The van der Waals surface area contributed by atoms with Crippen molar-refractivity contribution in [1.82, 2.24) is 15.0 Å². The van der Waals surface area contributed by atoms with Crippen molar-refractivity contribution < 1.29 is 33.3 Å². The molecule has 1 aliphatic rings. The summed E-state index contributed by atoms with van der Waals surface area (Å²) in [4.78, 5) is 34.1. The van der Waals surface area contributed by atoms with Crippen molar-refractivity contribution in [3.05, 3.63) is 12.4 Å². The van der Waals surface area contributed by atoms with E-state index in [-0.39, 0.29) is 6.61 Å². The number of aromatic nitrogens is 3. The maximum absolute atomic E-state index is 11.5. The highest BCUT2D eigenvalue weighted by Crippen LogP contribution is 2.40. The van der Waals surface area contributed by atoms with Crippen LogP contribution in [0.1, 0.15) is 33.9 Å². The van der Waals surface area contributed by atoms with Gasteiger partial charge in [0.1, 0.15) is 12.2 Å². The van der Waals surface area contributed by atoms with E-state index in [4.69, 9.17) is 18.9 Å². The van der Waals surface area contributed by atoms with E-state index in [0.717, 1.165) is 0 Å². The molecule has 4 atom stereocenters. The number of nitrogens with zero attached hydrogens (tertiary/aromatic N) is 3. The lowest BCUT2D eigenvalue weighted by Gasteiger charge is -2.29. The SMILES string of the molecule is CC(=O)OC[C@@]1(C)O[C@@H](n2ccnn2)C(OC(C)=O)C1OC(C)=O. The molecule has 2 unspecified atom stereocenters. The van der Waals surface area contributed by atoms with Crippen molar-refractivity contribution in [2.24, 2.45) is 0 Å². The molecule has 1 aromatic heterocycles. The van der Waals surface area contributed by atoms with Gasteiger partial charge in [-0.2, -0.15) is 0 Å².